The fraction of sp³-hybridized carbons (Fsp3) is 1.00. The molecule has 37 heavy (non-hydrogen) atoms. The molecule has 0 saturated heterocycles. The first-order valence-corrected chi connectivity index (χ1v) is 10.1. The van der Waals surface area contributed by atoms with Gasteiger partial charge in [0.05, 0.1) is 0 Å². The van der Waals surface area contributed by atoms with Crippen LogP contribution in [0.1, 0.15) is 0 Å². The summed E-state index contributed by atoms with van der Waals surface area (Å²) in [5.41, 5.74) is 0. The first-order valence-electron chi connectivity index (χ1n) is 7.31. The van der Waals surface area contributed by atoms with Crippen LogP contribution < -0.4 is 0 Å². The van der Waals surface area contributed by atoms with Crippen molar-refractivity contribution < 1.29 is 105 Å². The molecule has 0 amide bonds. The Morgan fingerprint density at radius 1 is 0.324 bits per heavy atom. The summed E-state index contributed by atoms with van der Waals surface area (Å²) in [5, 5.41) is -13.9. The van der Waals surface area contributed by atoms with Gasteiger partial charge in [-0.25, -0.2) is 25.6 Å². The van der Waals surface area contributed by atoms with Gasteiger partial charge in [0.2, 0.25) is 0 Å². The monoisotopic (exact) mass is 662 g/mol. The van der Waals surface area contributed by atoms with Crippen molar-refractivity contribution in [2.45, 2.75) is 57.4 Å². The molecular formula is C10CaF18O6S2. The summed E-state index contributed by atoms with van der Waals surface area (Å²) in [6.45, 7) is 0. The van der Waals surface area contributed by atoms with E-state index in [1.807, 2.05) is 0 Å². The first-order chi connectivity index (χ1) is 15.0. The minimum atomic E-state index is -7.54. The second-order valence-electron chi connectivity index (χ2n) is 6.69. The van der Waals surface area contributed by atoms with E-state index in [0.29, 0.717) is 0 Å². The minimum Gasteiger partial charge on any atom is -0.745 e. The van der Waals surface area contributed by atoms with E-state index in [4.69, 9.17) is 0 Å². The van der Waals surface area contributed by atoms with Gasteiger partial charge < -0.3 is 9.11 Å². The number of hydrogen-bond donors (Lipinski definition) is 0. The van der Waals surface area contributed by atoms with E-state index in [1.54, 1.807) is 0 Å². The Hall–Kier alpha value is -0.180. The maximum absolute atomic E-state index is 13.0. The zero-order chi connectivity index (χ0) is 30.0. The van der Waals surface area contributed by atoms with Gasteiger partial charge >= 0.3 is 95.1 Å². The molecule has 0 spiro atoms. The van der Waals surface area contributed by atoms with Crippen LogP contribution in [0, 0.1) is 0 Å². The normalized spacial score (nSPS) is 30.4. The third kappa shape index (κ3) is 3.52. The number of rotatable bonds is 2. The van der Waals surface area contributed by atoms with E-state index in [0.717, 1.165) is 0 Å². The summed E-state index contributed by atoms with van der Waals surface area (Å²) < 4.78 is 286. The molecule has 0 radical (unpaired) electrons. The molecule has 0 aromatic heterocycles. The standard InChI is InChI=1S/2C5HF9O3S.Ca/c2*6-1(7)2(8,9)4(12,13)5(14,3(1,10)11)18(15,16)17;/h2*(H,15,16,17);/q;;+2/p-2. The Kier molecular flexibility index (Phi) is 8.38. The Morgan fingerprint density at radius 3 is 0.486 bits per heavy atom. The molecule has 2 rings (SSSR count). The van der Waals surface area contributed by atoms with Crippen LogP contribution in [0.4, 0.5) is 79.0 Å². The fourth-order valence-corrected chi connectivity index (χ4v) is 4.39. The van der Waals surface area contributed by atoms with Crippen molar-refractivity contribution in [1.82, 2.24) is 0 Å². The molecule has 2 saturated carbocycles. The van der Waals surface area contributed by atoms with Gasteiger partial charge in [-0.2, -0.15) is 70.2 Å². The van der Waals surface area contributed by atoms with Crippen LogP contribution >= 0.6 is 0 Å². The second-order valence-corrected chi connectivity index (χ2v) is 9.64. The van der Waals surface area contributed by atoms with Crippen molar-refractivity contribution in [2.24, 2.45) is 0 Å². The molecule has 0 bridgehead atoms. The number of hydrogen-bond acceptors (Lipinski definition) is 6. The van der Waals surface area contributed by atoms with Crippen LogP contribution in [-0.4, -0.2) is 121 Å². The van der Waals surface area contributed by atoms with Crippen molar-refractivity contribution in [2.75, 3.05) is 0 Å². The second kappa shape index (κ2) is 8.42. The fourth-order valence-electron chi connectivity index (χ4n) is 2.62. The Morgan fingerprint density at radius 2 is 0.432 bits per heavy atom. The smallest absolute Gasteiger partial charge is 0.745 e. The molecule has 27 heteroatoms. The van der Waals surface area contributed by atoms with Crippen molar-refractivity contribution in [3.05, 3.63) is 0 Å². The summed E-state index contributed by atoms with van der Waals surface area (Å²) in [7, 11) is -15.1. The Labute approximate surface area is 219 Å². The van der Waals surface area contributed by atoms with Crippen LogP contribution in [0.2, 0.25) is 0 Å². The van der Waals surface area contributed by atoms with Gasteiger partial charge in [-0.15, -0.1) is 0 Å². The summed E-state index contributed by atoms with van der Waals surface area (Å²) >= 11 is 0. The van der Waals surface area contributed by atoms with Crippen LogP contribution in [-0.2, 0) is 20.2 Å². The van der Waals surface area contributed by atoms with Crippen LogP contribution in [0.5, 0.6) is 0 Å². The topological polar surface area (TPSA) is 114 Å². The van der Waals surface area contributed by atoms with E-state index in [-0.39, 0.29) is 37.7 Å². The molecule has 2 fully saturated rings. The van der Waals surface area contributed by atoms with Crippen LogP contribution in [0.25, 0.3) is 0 Å². The van der Waals surface area contributed by atoms with Crippen molar-refractivity contribution in [1.29, 1.82) is 0 Å². The maximum Gasteiger partial charge on any atom is 2.00 e. The molecule has 2 aliphatic carbocycles. The number of alkyl halides is 18. The van der Waals surface area contributed by atoms with E-state index in [1.165, 1.54) is 0 Å². The van der Waals surface area contributed by atoms with Crippen molar-refractivity contribution in [3.8, 4) is 0 Å². The van der Waals surface area contributed by atoms with Crippen LogP contribution in [0.15, 0.2) is 0 Å². The van der Waals surface area contributed by atoms with Gasteiger partial charge in [0.25, 0.3) is 0 Å². The van der Waals surface area contributed by atoms with Gasteiger partial charge in [0.1, 0.15) is 20.2 Å². The zero-order valence-corrected chi connectivity index (χ0v) is 19.6. The van der Waals surface area contributed by atoms with Gasteiger partial charge in [-0.05, 0) is 0 Å². The summed E-state index contributed by atoms with van der Waals surface area (Å²) in [6.07, 6.45) is 0. The van der Waals surface area contributed by atoms with E-state index < -0.39 is 77.6 Å². The predicted molar refractivity (Wildman–Crippen MR) is 72.4 cm³/mol. The molecule has 0 aromatic rings. The molecule has 0 aromatic carbocycles. The Balaban J connectivity index is 0.000000682. The quantitative estimate of drug-likeness (QED) is 0.255. The van der Waals surface area contributed by atoms with Crippen LogP contribution in [0.3, 0.4) is 0 Å². The van der Waals surface area contributed by atoms with Gasteiger partial charge in [0.15, 0.2) is 0 Å². The summed E-state index contributed by atoms with van der Waals surface area (Å²) in [4.78, 5) is 0. The molecule has 6 nitrogen and oxygen atoms in total. The largest absolute Gasteiger partial charge is 2.00 e. The summed E-state index contributed by atoms with van der Waals surface area (Å²) in [5.74, 6) is -56.7. The molecule has 0 N–H and O–H groups in total. The summed E-state index contributed by atoms with van der Waals surface area (Å²) in [6, 6.07) is 0. The first kappa shape index (κ1) is 36.8. The number of halogens is 18. The molecule has 0 aliphatic heterocycles. The van der Waals surface area contributed by atoms with E-state index in [9.17, 15) is 105 Å². The molecule has 2 aliphatic rings. The van der Waals surface area contributed by atoms with Crippen molar-refractivity contribution >= 4 is 58.0 Å². The SMILES string of the molecule is O=S(=O)([O-])C1(F)C(F)(F)C(F)(F)C(F)(F)C1(F)F.O=S(=O)([O-])C1(F)C(F)(F)C(F)(F)C(F)(F)C1(F)F.[Ca+2]. The van der Waals surface area contributed by atoms with E-state index >= 15 is 0 Å². The molecular weight excluding hydrogens is 662 g/mol. The minimum absolute atomic E-state index is 0. The van der Waals surface area contributed by atoms with E-state index in [2.05, 4.69) is 0 Å². The maximum atomic E-state index is 13.0. The predicted octanol–water partition coefficient (Wildman–Crippen LogP) is 3.12. The van der Waals surface area contributed by atoms with Gasteiger partial charge in [-0.1, -0.05) is 0 Å². The van der Waals surface area contributed by atoms with Crippen molar-refractivity contribution in [3.63, 3.8) is 0 Å². The zero-order valence-electron chi connectivity index (χ0n) is 15.8. The Bertz CT molecular complexity index is 1010. The third-order valence-electron chi connectivity index (χ3n) is 4.67. The molecule has 0 unspecified atom stereocenters. The average molecular weight is 662 g/mol. The van der Waals surface area contributed by atoms with Gasteiger partial charge in [0, 0.05) is 0 Å². The molecule has 216 valence electrons. The average Bonchev–Trinajstić information content (AvgIpc) is 2.71. The van der Waals surface area contributed by atoms with Gasteiger partial charge in [-0.3, -0.25) is 0 Å². The molecule has 0 atom stereocenters. The molecule has 0 heterocycles. The third-order valence-corrected chi connectivity index (χ3v) is 7.07.